The normalized spacial score (nSPS) is 11.2. The number of rotatable bonds is 8. The van der Waals surface area contributed by atoms with Crippen molar-refractivity contribution in [2.45, 2.75) is 13.0 Å². The first-order valence-corrected chi connectivity index (χ1v) is 7.96. The van der Waals surface area contributed by atoms with Crippen molar-refractivity contribution in [2.24, 2.45) is 16.6 Å². The Labute approximate surface area is 151 Å². The Kier molecular flexibility index (Phi) is 6.52. The molecule has 2 aromatic rings. The van der Waals surface area contributed by atoms with Gasteiger partial charge < -0.3 is 21.0 Å². The fraction of sp³-hybridized carbons (Fsp3) is 0.200. The van der Waals surface area contributed by atoms with Crippen molar-refractivity contribution in [3.8, 4) is 5.75 Å². The molecule has 0 aliphatic heterocycles. The van der Waals surface area contributed by atoms with Crippen molar-refractivity contribution in [2.75, 3.05) is 6.61 Å². The van der Waals surface area contributed by atoms with Crippen molar-refractivity contribution in [1.29, 1.82) is 0 Å². The van der Waals surface area contributed by atoms with E-state index in [1.54, 1.807) is 41.3 Å². The molecule has 0 aliphatic rings. The number of carbonyl (C=O) groups is 2. The van der Waals surface area contributed by atoms with Crippen molar-refractivity contribution < 1.29 is 19.2 Å². The zero-order valence-electron chi connectivity index (χ0n) is 13.1. The summed E-state index contributed by atoms with van der Waals surface area (Å²) in [7, 11) is 0. The van der Waals surface area contributed by atoms with Crippen molar-refractivity contribution in [3.63, 3.8) is 0 Å². The molecular weight excluding hydrogens is 394 g/mol. The van der Waals surface area contributed by atoms with Crippen LogP contribution >= 0.6 is 15.9 Å². The molecule has 1 heterocycles. The van der Waals surface area contributed by atoms with Gasteiger partial charge in [-0.3, -0.25) is 9.48 Å². The summed E-state index contributed by atoms with van der Waals surface area (Å²) in [5.74, 6) is -0.607. The van der Waals surface area contributed by atoms with E-state index in [1.165, 1.54) is 0 Å². The van der Waals surface area contributed by atoms with Gasteiger partial charge in [-0.2, -0.15) is 5.10 Å². The molecule has 1 aromatic carbocycles. The lowest BCUT2D eigenvalue weighted by Gasteiger charge is -2.05. The van der Waals surface area contributed by atoms with Crippen LogP contribution in [-0.2, 0) is 21.0 Å². The summed E-state index contributed by atoms with van der Waals surface area (Å²) >= 11 is 3.27. The Morgan fingerprint density at radius 1 is 1.24 bits per heavy atom. The lowest BCUT2D eigenvalue weighted by Crippen LogP contribution is -2.20. The molecule has 0 fully saturated rings. The highest BCUT2D eigenvalue weighted by Crippen LogP contribution is 2.12. The predicted octanol–water partition coefficient (Wildman–Crippen LogP) is 0.763. The molecule has 132 valence electrons. The molecule has 25 heavy (non-hydrogen) atoms. The minimum absolute atomic E-state index is 0.0386. The van der Waals surface area contributed by atoms with E-state index in [9.17, 15) is 9.59 Å². The number of carbonyl (C=O) groups excluding carboxylic acids is 2. The van der Waals surface area contributed by atoms with Gasteiger partial charge in [0.05, 0.1) is 23.6 Å². The molecule has 1 amide bonds. The smallest absolute Gasteiger partial charge is 0.336 e. The number of hydrogen-bond donors (Lipinski definition) is 2. The van der Waals surface area contributed by atoms with Gasteiger partial charge in [-0.25, -0.2) is 4.79 Å². The molecule has 1 aromatic heterocycles. The first-order valence-electron chi connectivity index (χ1n) is 7.17. The Morgan fingerprint density at radius 3 is 2.56 bits per heavy atom. The average Bonchev–Trinajstić information content (AvgIpc) is 3.02. The second-order valence-electron chi connectivity index (χ2n) is 4.89. The lowest BCUT2D eigenvalue weighted by molar-refractivity contribution is -0.144. The number of halogens is 1. The molecule has 0 saturated carbocycles. The maximum Gasteiger partial charge on any atom is 0.336 e. The molecule has 4 N–H and O–H groups in total. The fourth-order valence-corrected chi connectivity index (χ4v) is 2.07. The summed E-state index contributed by atoms with van der Waals surface area (Å²) in [4.78, 5) is 27.1. The van der Waals surface area contributed by atoms with Gasteiger partial charge >= 0.3 is 5.97 Å². The molecular formula is C15H16BrN5O4. The third-order valence-corrected chi connectivity index (χ3v) is 3.33. The number of aromatic nitrogens is 2. The maximum absolute atomic E-state index is 11.7. The number of nitrogens with two attached hydrogens (primary N) is 2. The number of primary amides is 1. The van der Waals surface area contributed by atoms with Gasteiger partial charge in [-0.05, 0) is 40.2 Å². The van der Waals surface area contributed by atoms with Crippen LogP contribution in [0.25, 0.3) is 0 Å². The molecule has 0 radical (unpaired) electrons. The van der Waals surface area contributed by atoms with Gasteiger partial charge in [-0.1, -0.05) is 5.16 Å². The van der Waals surface area contributed by atoms with Gasteiger partial charge in [-0.15, -0.1) is 0 Å². The van der Waals surface area contributed by atoms with Crippen molar-refractivity contribution in [3.05, 3.63) is 46.7 Å². The highest BCUT2D eigenvalue weighted by atomic mass is 79.9. The van der Waals surface area contributed by atoms with Crippen LogP contribution in [0.3, 0.4) is 0 Å². The summed E-state index contributed by atoms with van der Waals surface area (Å²) in [6, 6.07) is 6.42. The standard InChI is InChI=1S/C15H16BrN5O4/c16-11-7-19-21(8-11)6-5-14(23)25-20-15(18)10-1-3-12(4-2-10)24-9-13(17)22/h1-4,7-8H,5-6,9H2,(H2,17,22)(H2,18,20). The molecule has 0 unspecified atom stereocenters. The zero-order chi connectivity index (χ0) is 18.2. The number of nitrogens with zero attached hydrogens (tertiary/aromatic N) is 3. The Hall–Kier alpha value is -2.88. The van der Waals surface area contributed by atoms with E-state index >= 15 is 0 Å². The number of ether oxygens (including phenoxy) is 1. The highest BCUT2D eigenvalue weighted by molar-refractivity contribution is 9.10. The van der Waals surface area contributed by atoms with E-state index < -0.39 is 11.9 Å². The van der Waals surface area contributed by atoms with Crippen LogP contribution in [0.1, 0.15) is 12.0 Å². The van der Waals surface area contributed by atoms with Gasteiger partial charge in [0.2, 0.25) is 0 Å². The van der Waals surface area contributed by atoms with Crippen LogP contribution in [0.5, 0.6) is 5.75 Å². The van der Waals surface area contributed by atoms with Gasteiger partial charge in [0.1, 0.15) is 5.75 Å². The van der Waals surface area contributed by atoms with Gasteiger partial charge in [0, 0.05) is 11.8 Å². The molecule has 2 rings (SSSR count). The monoisotopic (exact) mass is 409 g/mol. The quantitative estimate of drug-likeness (QED) is 0.286. The number of hydrogen-bond acceptors (Lipinski definition) is 6. The lowest BCUT2D eigenvalue weighted by atomic mass is 10.2. The van der Waals surface area contributed by atoms with Crippen molar-refractivity contribution >= 4 is 33.6 Å². The number of aryl methyl sites for hydroxylation is 1. The van der Waals surface area contributed by atoms with Gasteiger partial charge in [0.25, 0.3) is 5.91 Å². The predicted molar refractivity (Wildman–Crippen MR) is 92.5 cm³/mol. The third kappa shape index (κ3) is 6.26. The van der Waals surface area contributed by atoms with E-state index in [1.807, 2.05) is 0 Å². The molecule has 10 heteroatoms. The minimum Gasteiger partial charge on any atom is -0.484 e. The van der Waals surface area contributed by atoms with Gasteiger partial charge in [0.15, 0.2) is 12.4 Å². The van der Waals surface area contributed by atoms with E-state index in [4.69, 9.17) is 21.0 Å². The van der Waals surface area contributed by atoms with Crippen LogP contribution in [0.4, 0.5) is 0 Å². The Bertz CT molecular complexity index is 772. The Balaban J connectivity index is 1.83. The second kappa shape index (κ2) is 8.83. The van der Waals surface area contributed by atoms with E-state index in [0.717, 1.165) is 4.47 Å². The van der Waals surface area contributed by atoms with Crippen LogP contribution in [0.2, 0.25) is 0 Å². The van der Waals surface area contributed by atoms with E-state index in [2.05, 4.69) is 26.2 Å². The first-order chi connectivity index (χ1) is 11.9. The summed E-state index contributed by atoms with van der Waals surface area (Å²) in [5.41, 5.74) is 11.3. The largest absolute Gasteiger partial charge is 0.484 e. The van der Waals surface area contributed by atoms with Crippen LogP contribution in [-0.4, -0.2) is 34.1 Å². The minimum atomic E-state index is -0.570. The SMILES string of the molecule is NC(=O)COc1ccc(/C(N)=N/OC(=O)CCn2cc(Br)cn2)cc1. The number of oxime groups is 1. The van der Waals surface area contributed by atoms with Crippen molar-refractivity contribution in [1.82, 2.24) is 9.78 Å². The van der Waals surface area contributed by atoms with Crippen LogP contribution < -0.4 is 16.2 Å². The topological polar surface area (TPSA) is 135 Å². The molecule has 0 aliphatic carbocycles. The fourth-order valence-electron chi connectivity index (χ4n) is 1.74. The second-order valence-corrected chi connectivity index (χ2v) is 5.81. The van der Waals surface area contributed by atoms with E-state index in [0.29, 0.717) is 17.9 Å². The van der Waals surface area contributed by atoms with Crippen LogP contribution in [0, 0.1) is 0 Å². The highest BCUT2D eigenvalue weighted by Gasteiger charge is 2.06. The first kappa shape index (κ1) is 18.5. The molecule has 0 atom stereocenters. The molecule has 0 saturated heterocycles. The average molecular weight is 410 g/mol. The molecule has 0 bridgehead atoms. The summed E-state index contributed by atoms with van der Waals surface area (Å²) in [6.07, 6.45) is 3.47. The third-order valence-electron chi connectivity index (χ3n) is 2.92. The Morgan fingerprint density at radius 2 is 1.96 bits per heavy atom. The number of benzene rings is 1. The summed E-state index contributed by atoms with van der Waals surface area (Å²) < 4.78 is 7.55. The molecule has 9 nitrogen and oxygen atoms in total. The van der Waals surface area contributed by atoms with E-state index in [-0.39, 0.29) is 18.9 Å². The number of amidine groups is 1. The summed E-state index contributed by atoms with van der Waals surface area (Å²) in [6.45, 7) is 0.152. The number of amides is 1. The molecule has 0 spiro atoms. The summed E-state index contributed by atoms with van der Waals surface area (Å²) in [5, 5.41) is 7.63. The zero-order valence-corrected chi connectivity index (χ0v) is 14.7. The maximum atomic E-state index is 11.7. The van der Waals surface area contributed by atoms with Crippen LogP contribution in [0.15, 0.2) is 46.3 Å².